The third-order valence-corrected chi connectivity index (χ3v) is 6.78. The Kier molecular flexibility index (Phi) is 22.1. The molecule has 0 atom stereocenters. The molecule has 0 saturated heterocycles. The Bertz CT molecular complexity index is 2200. The van der Waals surface area contributed by atoms with Crippen molar-refractivity contribution in [1.29, 1.82) is 0 Å². The number of nitrogens with zero attached hydrogens (tertiary/aromatic N) is 4. The SMILES string of the molecule is O=Cc1ccccc1[O-].O=Cc1ccccc1[O-].[Cu+2].[Cu+2].[O-][Cl+3]([O-])([O-])[O-].[O-][Cl+3]([O-])([O-])[O-].c1cnc2c(c1)ccc1cccnc12.c1cnc2c(c1)ccc1cccnc12. The van der Waals surface area contributed by atoms with Crippen molar-refractivity contribution in [1.82, 2.24) is 19.9 Å². The predicted molar refractivity (Wildman–Crippen MR) is 177 cm³/mol. The van der Waals surface area contributed by atoms with Gasteiger partial charge in [0.05, 0.1) is 22.1 Å². The summed E-state index contributed by atoms with van der Waals surface area (Å²) in [5, 5.41) is 25.8. The summed E-state index contributed by atoms with van der Waals surface area (Å²) in [7, 11) is -9.89. The average molecular weight is 929 g/mol. The molecule has 4 aromatic carbocycles. The van der Waals surface area contributed by atoms with Crippen LogP contribution < -0.4 is 47.5 Å². The van der Waals surface area contributed by atoms with Crippen molar-refractivity contribution in [3.8, 4) is 11.5 Å². The minimum atomic E-state index is -4.94. The first kappa shape index (κ1) is 50.8. The second-order valence-corrected chi connectivity index (χ2v) is 12.0. The maximum absolute atomic E-state index is 10.6. The Morgan fingerprint density at radius 3 is 0.776 bits per heavy atom. The minimum Gasteiger partial charge on any atom is -0.872 e. The molecule has 0 aliphatic heterocycles. The Morgan fingerprint density at radius 1 is 0.362 bits per heavy atom. The zero-order valence-electron chi connectivity index (χ0n) is 29.1. The number of aldehydes is 2. The summed E-state index contributed by atoms with van der Waals surface area (Å²) in [4.78, 5) is 37.4. The molecule has 20 heteroatoms. The van der Waals surface area contributed by atoms with Gasteiger partial charge >= 0.3 is 34.1 Å². The first-order chi connectivity index (χ1) is 26.6. The van der Waals surface area contributed by atoms with Gasteiger partial charge in [0.2, 0.25) is 0 Å². The molecule has 0 aliphatic carbocycles. The van der Waals surface area contributed by atoms with Crippen LogP contribution in [0.4, 0.5) is 0 Å². The molecule has 306 valence electrons. The first-order valence-electron chi connectivity index (χ1n) is 15.4. The first-order valence-corrected chi connectivity index (χ1v) is 17.9. The molecule has 0 saturated carbocycles. The number of aromatic nitrogens is 4. The van der Waals surface area contributed by atoms with Gasteiger partial charge in [-0.2, -0.15) is 0 Å². The van der Waals surface area contributed by atoms with Gasteiger partial charge in [-0.25, -0.2) is 37.3 Å². The van der Waals surface area contributed by atoms with Crippen LogP contribution in [0.15, 0.2) is 146 Å². The summed E-state index contributed by atoms with van der Waals surface area (Å²) in [5.41, 5.74) is 4.35. The molecule has 0 fully saturated rings. The van der Waals surface area contributed by atoms with E-state index in [9.17, 15) is 19.8 Å². The van der Waals surface area contributed by atoms with Gasteiger partial charge in [-0.15, -0.1) is 20.5 Å². The van der Waals surface area contributed by atoms with E-state index < -0.39 is 20.5 Å². The van der Waals surface area contributed by atoms with E-state index in [2.05, 4.69) is 68.5 Å². The van der Waals surface area contributed by atoms with E-state index in [-0.39, 0.29) is 56.8 Å². The Balaban J connectivity index is 0.000000361. The maximum Gasteiger partial charge on any atom is 2.00 e. The van der Waals surface area contributed by atoms with Gasteiger partial charge in [-0.3, -0.25) is 29.5 Å². The number of benzene rings is 4. The zero-order chi connectivity index (χ0) is 41.1. The molecule has 2 radical (unpaired) electrons. The number of fused-ring (bicyclic) bond motifs is 6. The molecule has 4 heterocycles. The second kappa shape index (κ2) is 25.2. The van der Waals surface area contributed by atoms with Crippen LogP contribution in [0.25, 0.3) is 43.6 Å². The van der Waals surface area contributed by atoms with E-state index in [1.54, 1.807) is 49.1 Å². The molecule has 16 nitrogen and oxygen atoms in total. The number of hydrogen-bond acceptors (Lipinski definition) is 16. The van der Waals surface area contributed by atoms with Crippen LogP contribution in [-0.2, 0) is 34.1 Å². The Morgan fingerprint density at radius 2 is 0.586 bits per heavy atom. The number of pyridine rings is 4. The van der Waals surface area contributed by atoms with E-state index in [0.29, 0.717) is 12.6 Å². The molecule has 8 aromatic rings. The number of para-hydroxylation sites is 2. The van der Waals surface area contributed by atoms with Gasteiger partial charge in [0.25, 0.3) is 0 Å². The van der Waals surface area contributed by atoms with Crippen molar-refractivity contribution >= 4 is 56.2 Å². The van der Waals surface area contributed by atoms with Crippen molar-refractivity contribution in [2.45, 2.75) is 0 Å². The van der Waals surface area contributed by atoms with Crippen molar-refractivity contribution in [2.24, 2.45) is 0 Å². The van der Waals surface area contributed by atoms with E-state index in [1.165, 1.54) is 24.3 Å². The Labute approximate surface area is 354 Å². The summed E-state index contributed by atoms with van der Waals surface area (Å²) in [6.45, 7) is 0. The Hall–Kier alpha value is -5.24. The van der Waals surface area contributed by atoms with Crippen molar-refractivity contribution in [3.05, 3.63) is 157 Å². The van der Waals surface area contributed by atoms with Gasteiger partial charge in [0, 0.05) is 57.5 Å². The molecule has 0 unspecified atom stereocenters. The van der Waals surface area contributed by atoms with Crippen molar-refractivity contribution in [2.75, 3.05) is 0 Å². The molecule has 4 aromatic heterocycles. The molecule has 58 heavy (non-hydrogen) atoms. The summed E-state index contributed by atoms with van der Waals surface area (Å²) < 4.78 is 67.9. The van der Waals surface area contributed by atoms with Crippen molar-refractivity contribution < 1.29 is 112 Å². The zero-order valence-corrected chi connectivity index (χ0v) is 32.5. The average Bonchev–Trinajstić information content (AvgIpc) is 3.18. The number of carbonyl (C=O) groups excluding carboxylic acids is 2. The van der Waals surface area contributed by atoms with Crippen LogP contribution in [0, 0.1) is 20.5 Å². The van der Waals surface area contributed by atoms with Gasteiger partial charge < -0.3 is 10.2 Å². The fourth-order valence-corrected chi connectivity index (χ4v) is 4.52. The molecule has 0 aliphatic rings. The third kappa shape index (κ3) is 18.3. The smallest absolute Gasteiger partial charge is 0.872 e. The maximum atomic E-state index is 10.6. The van der Waals surface area contributed by atoms with Crippen LogP contribution in [0.2, 0.25) is 0 Å². The molecule has 0 amide bonds. The van der Waals surface area contributed by atoms with Crippen LogP contribution in [-0.4, -0.2) is 32.5 Å². The monoisotopic (exact) mass is 926 g/mol. The number of halogens is 2. The van der Waals surface area contributed by atoms with Gasteiger partial charge in [0.15, 0.2) is 0 Å². The van der Waals surface area contributed by atoms with Gasteiger partial charge in [-0.1, -0.05) is 109 Å². The second-order valence-electron chi connectivity index (χ2n) is 10.5. The van der Waals surface area contributed by atoms with Crippen LogP contribution in [0.3, 0.4) is 0 Å². The van der Waals surface area contributed by atoms with Gasteiger partial charge in [0.1, 0.15) is 12.6 Å². The summed E-state index contributed by atoms with van der Waals surface area (Å²) in [6.07, 6.45) is 8.32. The predicted octanol–water partition coefficient (Wildman–Crippen LogP) is -2.81. The van der Waals surface area contributed by atoms with Crippen molar-refractivity contribution in [3.63, 3.8) is 0 Å². The normalized spacial score (nSPS) is 10.1. The minimum absolute atomic E-state index is 0. The summed E-state index contributed by atoms with van der Waals surface area (Å²) >= 11 is 0. The largest absolute Gasteiger partial charge is 2.00 e. The molecular formula is C38H26Cl2Cu2N4O12. The molecule has 0 spiro atoms. The number of carbonyl (C=O) groups is 2. The van der Waals surface area contributed by atoms with E-state index in [0.717, 1.165) is 43.6 Å². The standard InChI is InChI=1S/2C12H8N2.2C7H6O2.2ClHO4.2Cu/c2*1-3-9-5-6-10-4-2-8-14-12(10)11(9)13-7-1;2*8-5-6-3-1-2-4-7(6)9;2*2-1(3,4)5;;/h2*1-8H;2*1-5,9H;2*(H,2,3,4,5);;/q;;;;;;2*+2/p-4. The summed E-state index contributed by atoms with van der Waals surface area (Å²) in [5.74, 6) is -0.431. The topological polar surface area (TPSA) is 316 Å². The molecule has 0 bridgehead atoms. The van der Waals surface area contributed by atoms with E-state index in [1.807, 2.05) is 24.3 Å². The molecule has 0 N–H and O–H groups in total. The van der Waals surface area contributed by atoms with Crippen LogP contribution >= 0.6 is 0 Å². The fraction of sp³-hybridized carbons (Fsp3) is 0. The van der Waals surface area contributed by atoms with E-state index >= 15 is 0 Å². The summed E-state index contributed by atoms with van der Waals surface area (Å²) in [6, 6.07) is 36.5. The third-order valence-electron chi connectivity index (χ3n) is 6.78. The molecule has 8 rings (SSSR count). The van der Waals surface area contributed by atoms with Gasteiger partial charge in [-0.05, 0) is 24.3 Å². The van der Waals surface area contributed by atoms with Crippen LogP contribution in [0.5, 0.6) is 11.5 Å². The van der Waals surface area contributed by atoms with E-state index in [4.69, 9.17) is 37.3 Å². The fourth-order valence-electron chi connectivity index (χ4n) is 4.52. The molecular weight excluding hydrogens is 902 g/mol. The number of hydrogen-bond donors (Lipinski definition) is 0. The quantitative estimate of drug-likeness (QED) is 0.0960. The number of rotatable bonds is 2. The van der Waals surface area contributed by atoms with Crippen LogP contribution in [0.1, 0.15) is 20.7 Å².